The molecule has 9 heteroatoms. The molecule has 2 unspecified atom stereocenters. The smallest absolute Gasteiger partial charge is 0.226 e. The van der Waals surface area contributed by atoms with Crippen molar-refractivity contribution in [2.24, 2.45) is 17.3 Å². The van der Waals surface area contributed by atoms with E-state index < -0.39 is 0 Å². The molecule has 6 rings (SSSR count). The van der Waals surface area contributed by atoms with E-state index in [9.17, 15) is 4.79 Å². The van der Waals surface area contributed by atoms with Crippen LogP contribution in [0.25, 0.3) is 0 Å². The van der Waals surface area contributed by atoms with E-state index in [1.54, 1.807) is 0 Å². The second-order valence-corrected chi connectivity index (χ2v) is 10.8. The third-order valence-electron chi connectivity index (χ3n) is 7.59. The summed E-state index contributed by atoms with van der Waals surface area (Å²) >= 11 is 9.62. The van der Waals surface area contributed by atoms with Crippen LogP contribution in [0.4, 0.5) is 0 Å². The average Bonchev–Trinajstić information content (AvgIpc) is 3.24. The Bertz CT molecular complexity index is 970. The predicted molar refractivity (Wildman–Crippen MR) is 117 cm³/mol. The molecule has 2 aromatic heterocycles. The fourth-order valence-corrected chi connectivity index (χ4v) is 7.13. The van der Waals surface area contributed by atoms with Crippen molar-refractivity contribution in [1.29, 1.82) is 0 Å². The van der Waals surface area contributed by atoms with Crippen LogP contribution in [0.3, 0.4) is 0 Å². The summed E-state index contributed by atoms with van der Waals surface area (Å²) in [7, 11) is 0. The van der Waals surface area contributed by atoms with E-state index in [-0.39, 0.29) is 16.9 Å². The van der Waals surface area contributed by atoms with Crippen LogP contribution in [0.5, 0.6) is 0 Å². The number of aryl methyl sites for hydroxylation is 2. The molecule has 4 bridgehead atoms. The highest BCUT2D eigenvalue weighted by Crippen LogP contribution is 2.64. The van der Waals surface area contributed by atoms with E-state index in [1.165, 1.54) is 6.42 Å². The van der Waals surface area contributed by atoms with Crippen molar-refractivity contribution < 1.29 is 4.79 Å². The number of carbonyl (C=O) groups is 1. The summed E-state index contributed by atoms with van der Waals surface area (Å²) in [5.74, 6) is 1.44. The zero-order valence-electron chi connectivity index (χ0n) is 17.5. The number of rotatable bonds is 6. The summed E-state index contributed by atoms with van der Waals surface area (Å²) < 4.78 is 4.61. The van der Waals surface area contributed by atoms with Crippen molar-refractivity contribution in [1.82, 2.24) is 29.9 Å². The summed E-state index contributed by atoms with van der Waals surface area (Å²) in [6, 6.07) is 0. The maximum Gasteiger partial charge on any atom is 0.226 e. The van der Waals surface area contributed by atoms with Crippen LogP contribution < -0.4 is 5.32 Å². The first-order valence-corrected chi connectivity index (χ1v) is 12.0. The van der Waals surface area contributed by atoms with E-state index in [0.717, 1.165) is 61.5 Å². The predicted octanol–water partition coefficient (Wildman–Crippen LogP) is 4.01. The van der Waals surface area contributed by atoms with E-state index in [4.69, 9.17) is 11.6 Å². The van der Waals surface area contributed by atoms with E-state index in [2.05, 4.69) is 36.4 Å². The Labute approximate surface area is 190 Å². The standard InChI is InChI=1S/C21H28BrClN6O/c1-13-17(23)14(2)28(26-13)5-3-4-24-18(30)20-7-15-6-16(8-20)10-21(9-15,11-20)29-12-25-19(22)27-29/h12,15-16H,3-11H2,1-2H3,(H,24,30). The molecule has 4 aliphatic rings. The second-order valence-electron chi connectivity index (χ2n) is 9.74. The summed E-state index contributed by atoms with van der Waals surface area (Å²) in [6.07, 6.45) is 9.07. The van der Waals surface area contributed by atoms with Crippen molar-refractivity contribution in [3.8, 4) is 0 Å². The number of nitrogens with one attached hydrogen (secondary N) is 1. The molecule has 4 saturated carbocycles. The maximum absolute atomic E-state index is 13.4. The minimum absolute atomic E-state index is 0.0547. The number of halogens is 2. The molecule has 0 radical (unpaired) electrons. The SMILES string of the molecule is Cc1nn(CCCNC(=O)C23CC4CC(C2)CC(n2cnc(Br)n2)(C4)C3)c(C)c1Cl. The fraction of sp³-hybridized carbons (Fsp3) is 0.714. The molecule has 2 heterocycles. The van der Waals surface area contributed by atoms with Crippen LogP contribution >= 0.6 is 27.5 Å². The first-order valence-electron chi connectivity index (χ1n) is 10.9. The molecule has 0 aromatic carbocycles. The molecule has 7 nitrogen and oxygen atoms in total. The Morgan fingerprint density at radius 1 is 1.27 bits per heavy atom. The molecule has 1 amide bonds. The number of carbonyl (C=O) groups excluding carboxylic acids is 1. The number of hydrogen-bond donors (Lipinski definition) is 1. The number of nitrogens with zero attached hydrogens (tertiary/aromatic N) is 5. The van der Waals surface area contributed by atoms with Crippen LogP contribution in [0.2, 0.25) is 5.02 Å². The summed E-state index contributed by atoms with van der Waals surface area (Å²) in [6.45, 7) is 5.32. The van der Waals surface area contributed by atoms with Gasteiger partial charge in [0.2, 0.25) is 10.6 Å². The minimum atomic E-state index is -0.260. The van der Waals surface area contributed by atoms with Crippen LogP contribution in [0.15, 0.2) is 11.1 Å². The van der Waals surface area contributed by atoms with Gasteiger partial charge in [0.1, 0.15) is 6.33 Å². The lowest BCUT2D eigenvalue weighted by molar-refractivity contribution is -0.156. The minimum Gasteiger partial charge on any atom is -0.356 e. The zero-order valence-corrected chi connectivity index (χ0v) is 19.8. The number of aromatic nitrogens is 5. The van der Waals surface area contributed by atoms with Gasteiger partial charge >= 0.3 is 0 Å². The highest BCUT2D eigenvalue weighted by atomic mass is 79.9. The van der Waals surface area contributed by atoms with Gasteiger partial charge in [-0.25, -0.2) is 9.67 Å². The molecule has 0 aliphatic heterocycles. The summed E-state index contributed by atoms with van der Waals surface area (Å²) in [5, 5.41) is 13.1. The van der Waals surface area contributed by atoms with Crippen LogP contribution in [-0.4, -0.2) is 37.0 Å². The van der Waals surface area contributed by atoms with Crippen molar-refractivity contribution in [3.05, 3.63) is 27.5 Å². The molecule has 4 fully saturated rings. The van der Waals surface area contributed by atoms with Gasteiger partial charge in [0.05, 0.1) is 27.4 Å². The number of amides is 1. The first-order chi connectivity index (χ1) is 14.3. The number of hydrogen-bond acceptors (Lipinski definition) is 4. The van der Waals surface area contributed by atoms with Gasteiger partial charge in [0, 0.05) is 13.1 Å². The Balaban J connectivity index is 1.25. The van der Waals surface area contributed by atoms with Gasteiger partial charge < -0.3 is 5.32 Å². The molecule has 0 spiro atoms. The van der Waals surface area contributed by atoms with Gasteiger partial charge in [0.25, 0.3) is 0 Å². The third-order valence-corrected chi connectivity index (χ3v) is 8.50. The largest absolute Gasteiger partial charge is 0.356 e. The quantitative estimate of drug-likeness (QED) is 0.614. The molecule has 162 valence electrons. The maximum atomic E-state index is 13.4. The van der Waals surface area contributed by atoms with Crippen LogP contribution in [0.1, 0.15) is 56.3 Å². The van der Waals surface area contributed by atoms with E-state index in [1.807, 2.05) is 29.5 Å². The lowest BCUT2D eigenvalue weighted by Crippen LogP contribution is -2.61. The van der Waals surface area contributed by atoms with Crippen LogP contribution in [0, 0.1) is 31.1 Å². The van der Waals surface area contributed by atoms with Gasteiger partial charge in [-0.3, -0.25) is 9.48 Å². The summed E-state index contributed by atoms with van der Waals surface area (Å²) in [5.41, 5.74) is 1.53. The molecule has 1 N–H and O–H groups in total. The normalized spacial score (nSPS) is 32.0. The Kier molecular flexibility index (Phi) is 5.01. The van der Waals surface area contributed by atoms with E-state index >= 15 is 0 Å². The third kappa shape index (κ3) is 3.30. The molecule has 2 atom stereocenters. The Morgan fingerprint density at radius 2 is 2.00 bits per heavy atom. The fourth-order valence-electron chi connectivity index (χ4n) is 6.73. The topological polar surface area (TPSA) is 77.6 Å². The molecule has 0 saturated heterocycles. The summed E-state index contributed by atoms with van der Waals surface area (Å²) in [4.78, 5) is 17.7. The van der Waals surface area contributed by atoms with Gasteiger partial charge in [-0.1, -0.05) is 11.6 Å². The Morgan fingerprint density at radius 3 is 2.60 bits per heavy atom. The van der Waals surface area contributed by atoms with Gasteiger partial charge in [0.15, 0.2) is 0 Å². The molecule has 4 aliphatic carbocycles. The average molecular weight is 496 g/mol. The lowest BCUT2D eigenvalue weighted by atomic mass is 9.46. The van der Waals surface area contributed by atoms with E-state index in [0.29, 0.717) is 23.1 Å². The zero-order chi connectivity index (χ0) is 21.1. The molecule has 2 aromatic rings. The lowest BCUT2D eigenvalue weighted by Gasteiger charge is -2.60. The highest BCUT2D eigenvalue weighted by molar-refractivity contribution is 9.10. The van der Waals surface area contributed by atoms with Crippen LogP contribution in [-0.2, 0) is 16.9 Å². The molecule has 30 heavy (non-hydrogen) atoms. The van der Waals surface area contributed by atoms with Crippen molar-refractivity contribution in [2.45, 2.75) is 70.9 Å². The van der Waals surface area contributed by atoms with Crippen molar-refractivity contribution >= 4 is 33.4 Å². The molecular weight excluding hydrogens is 468 g/mol. The Hall–Kier alpha value is -1.41. The van der Waals surface area contributed by atoms with Gasteiger partial charge in [-0.2, -0.15) is 5.10 Å². The first kappa shape index (κ1) is 20.5. The second kappa shape index (κ2) is 7.33. The molecular formula is C21H28BrClN6O. The van der Waals surface area contributed by atoms with Crippen molar-refractivity contribution in [3.63, 3.8) is 0 Å². The van der Waals surface area contributed by atoms with Gasteiger partial charge in [-0.15, -0.1) is 5.10 Å². The highest BCUT2D eigenvalue weighted by Gasteiger charge is 2.61. The monoisotopic (exact) mass is 494 g/mol. The van der Waals surface area contributed by atoms with Crippen molar-refractivity contribution in [2.75, 3.05) is 6.54 Å². The van der Waals surface area contributed by atoms with Gasteiger partial charge in [-0.05, 0) is 86.6 Å².